The van der Waals surface area contributed by atoms with E-state index in [4.69, 9.17) is 14.5 Å². The van der Waals surface area contributed by atoms with Crippen LogP contribution in [0.3, 0.4) is 0 Å². The fourth-order valence-corrected chi connectivity index (χ4v) is 4.51. The molecule has 32 heavy (non-hydrogen) atoms. The van der Waals surface area contributed by atoms with Crippen molar-refractivity contribution in [2.75, 3.05) is 13.7 Å². The summed E-state index contributed by atoms with van der Waals surface area (Å²) in [6, 6.07) is 15.5. The molecule has 0 aliphatic rings. The van der Waals surface area contributed by atoms with Gasteiger partial charge in [0.15, 0.2) is 11.0 Å². The summed E-state index contributed by atoms with van der Waals surface area (Å²) < 4.78 is 12.7. The van der Waals surface area contributed by atoms with Gasteiger partial charge in [0.25, 0.3) is 0 Å². The first kappa shape index (κ1) is 21.8. The number of esters is 1. The standard InChI is InChI=1S/C24H24N4O3S/c1-5-31-23(29)21-15(2)16-10-6-8-12-18(16)25-19(21)14-32-24-27-26-22(28(24)3)17-11-7-9-13-20(17)30-4/h6-13H,5,14H2,1-4H3. The molecule has 0 amide bonds. The van der Waals surface area contributed by atoms with E-state index in [-0.39, 0.29) is 5.97 Å². The minimum atomic E-state index is -0.355. The van der Waals surface area contributed by atoms with Crippen molar-refractivity contribution in [1.29, 1.82) is 0 Å². The summed E-state index contributed by atoms with van der Waals surface area (Å²) in [6.45, 7) is 4.05. The zero-order valence-corrected chi connectivity index (χ0v) is 19.3. The molecule has 0 N–H and O–H groups in total. The third-order valence-electron chi connectivity index (χ3n) is 5.23. The molecule has 2 heterocycles. The molecule has 0 saturated heterocycles. The average Bonchev–Trinajstić information content (AvgIpc) is 3.17. The molecule has 0 unspecified atom stereocenters. The second kappa shape index (κ2) is 9.40. The highest BCUT2D eigenvalue weighted by Crippen LogP contribution is 2.32. The lowest BCUT2D eigenvalue weighted by molar-refractivity contribution is 0.0524. The Bertz CT molecular complexity index is 1290. The summed E-state index contributed by atoms with van der Waals surface area (Å²) >= 11 is 1.47. The Morgan fingerprint density at radius 1 is 1.09 bits per heavy atom. The van der Waals surface area contributed by atoms with Crippen molar-refractivity contribution in [3.05, 3.63) is 65.4 Å². The van der Waals surface area contributed by atoms with Crippen molar-refractivity contribution in [2.45, 2.75) is 24.8 Å². The van der Waals surface area contributed by atoms with E-state index < -0.39 is 0 Å². The van der Waals surface area contributed by atoms with Crippen LogP contribution in [-0.2, 0) is 17.5 Å². The van der Waals surface area contributed by atoms with Crippen LogP contribution in [0.25, 0.3) is 22.3 Å². The van der Waals surface area contributed by atoms with Crippen LogP contribution < -0.4 is 4.74 Å². The van der Waals surface area contributed by atoms with E-state index in [2.05, 4.69) is 10.2 Å². The SMILES string of the molecule is CCOC(=O)c1c(CSc2nnc(-c3ccccc3OC)n2C)nc2ccccc2c1C. The molecule has 8 heteroatoms. The highest BCUT2D eigenvalue weighted by Gasteiger charge is 2.21. The summed E-state index contributed by atoms with van der Waals surface area (Å²) in [4.78, 5) is 17.5. The van der Waals surface area contributed by atoms with Gasteiger partial charge in [0, 0.05) is 18.2 Å². The predicted molar refractivity (Wildman–Crippen MR) is 125 cm³/mol. The number of para-hydroxylation sites is 2. The van der Waals surface area contributed by atoms with Gasteiger partial charge in [-0.3, -0.25) is 4.98 Å². The first-order chi connectivity index (χ1) is 15.5. The number of methoxy groups -OCH3 is 1. The van der Waals surface area contributed by atoms with E-state index in [0.717, 1.165) is 27.8 Å². The Morgan fingerprint density at radius 3 is 2.62 bits per heavy atom. The molecular weight excluding hydrogens is 424 g/mol. The van der Waals surface area contributed by atoms with Crippen molar-refractivity contribution in [3.8, 4) is 17.1 Å². The first-order valence-corrected chi connectivity index (χ1v) is 11.2. The smallest absolute Gasteiger partial charge is 0.340 e. The lowest BCUT2D eigenvalue weighted by atomic mass is 10.0. The number of carbonyl (C=O) groups is 1. The normalized spacial score (nSPS) is 11.0. The highest BCUT2D eigenvalue weighted by molar-refractivity contribution is 7.98. The molecule has 4 rings (SSSR count). The maximum Gasteiger partial charge on any atom is 0.340 e. The van der Waals surface area contributed by atoms with Gasteiger partial charge in [0.1, 0.15) is 5.75 Å². The van der Waals surface area contributed by atoms with Gasteiger partial charge in [0.05, 0.1) is 36.1 Å². The molecule has 0 aliphatic carbocycles. The molecular formula is C24H24N4O3S. The lowest BCUT2D eigenvalue weighted by Crippen LogP contribution is -2.12. The van der Waals surface area contributed by atoms with E-state index in [9.17, 15) is 4.79 Å². The number of pyridine rings is 1. The number of fused-ring (bicyclic) bond motifs is 1. The average molecular weight is 449 g/mol. The third-order valence-corrected chi connectivity index (χ3v) is 6.26. The van der Waals surface area contributed by atoms with Crippen molar-refractivity contribution in [3.63, 3.8) is 0 Å². The summed E-state index contributed by atoms with van der Waals surface area (Å²) in [7, 11) is 3.55. The molecule has 0 saturated carbocycles. The number of benzene rings is 2. The van der Waals surface area contributed by atoms with Gasteiger partial charge in [0.2, 0.25) is 0 Å². The van der Waals surface area contributed by atoms with Crippen LogP contribution in [0.5, 0.6) is 5.75 Å². The number of rotatable bonds is 7. The van der Waals surface area contributed by atoms with E-state index in [1.54, 1.807) is 14.0 Å². The van der Waals surface area contributed by atoms with Gasteiger partial charge in [-0.2, -0.15) is 0 Å². The van der Waals surface area contributed by atoms with Crippen LogP contribution in [0.15, 0.2) is 53.7 Å². The Balaban J connectivity index is 1.68. The van der Waals surface area contributed by atoms with Crippen molar-refractivity contribution >= 4 is 28.6 Å². The fraction of sp³-hybridized carbons (Fsp3) is 0.250. The quantitative estimate of drug-likeness (QED) is 0.296. The molecule has 4 aromatic rings. The van der Waals surface area contributed by atoms with Gasteiger partial charge in [-0.25, -0.2) is 4.79 Å². The molecule has 7 nitrogen and oxygen atoms in total. The fourth-order valence-electron chi connectivity index (χ4n) is 3.66. The predicted octanol–water partition coefficient (Wildman–Crippen LogP) is 4.82. The number of carbonyl (C=O) groups excluding carboxylic acids is 1. The van der Waals surface area contributed by atoms with Gasteiger partial charge >= 0.3 is 5.97 Å². The maximum atomic E-state index is 12.7. The van der Waals surface area contributed by atoms with Gasteiger partial charge in [-0.15, -0.1) is 10.2 Å². The molecule has 0 aliphatic heterocycles. The number of ether oxygens (including phenoxy) is 2. The van der Waals surface area contributed by atoms with Crippen LogP contribution in [0, 0.1) is 6.92 Å². The Labute approximate surface area is 190 Å². The molecule has 0 spiro atoms. The molecule has 0 bridgehead atoms. The number of aromatic nitrogens is 4. The van der Waals surface area contributed by atoms with Crippen molar-refractivity contribution in [2.24, 2.45) is 7.05 Å². The summed E-state index contributed by atoms with van der Waals surface area (Å²) in [5.41, 5.74) is 3.78. The van der Waals surface area contributed by atoms with E-state index in [1.807, 2.05) is 67.1 Å². The third kappa shape index (κ3) is 4.05. The number of hydrogen-bond acceptors (Lipinski definition) is 7. The number of thioether (sulfide) groups is 1. The van der Waals surface area contributed by atoms with Crippen LogP contribution in [-0.4, -0.2) is 39.4 Å². The van der Waals surface area contributed by atoms with E-state index >= 15 is 0 Å². The number of aryl methyl sites for hydroxylation is 1. The molecule has 0 radical (unpaired) electrons. The van der Waals surface area contributed by atoms with Gasteiger partial charge in [-0.05, 0) is 37.6 Å². The summed E-state index contributed by atoms with van der Waals surface area (Å²) in [5, 5.41) is 10.4. The zero-order valence-electron chi connectivity index (χ0n) is 18.5. The second-order valence-corrected chi connectivity index (χ2v) is 8.09. The lowest BCUT2D eigenvalue weighted by Gasteiger charge is -2.13. The zero-order chi connectivity index (χ0) is 22.7. The molecule has 2 aromatic carbocycles. The Kier molecular flexibility index (Phi) is 6.41. The summed E-state index contributed by atoms with van der Waals surface area (Å²) in [6.07, 6.45) is 0. The van der Waals surface area contributed by atoms with E-state index in [1.165, 1.54) is 11.8 Å². The monoisotopic (exact) mass is 448 g/mol. The highest BCUT2D eigenvalue weighted by atomic mass is 32.2. The largest absolute Gasteiger partial charge is 0.496 e. The van der Waals surface area contributed by atoms with Gasteiger partial charge < -0.3 is 14.0 Å². The Morgan fingerprint density at radius 2 is 1.84 bits per heavy atom. The minimum Gasteiger partial charge on any atom is -0.496 e. The molecule has 0 fully saturated rings. The molecule has 0 atom stereocenters. The summed E-state index contributed by atoms with van der Waals surface area (Å²) in [5.74, 6) is 1.54. The molecule has 2 aromatic heterocycles. The second-order valence-electron chi connectivity index (χ2n) is 7.15. The van der Waals surface area contributed by atoms with Crippen LogP contribution in [0.4, 0.5) is 0 Å². The first-order valence-electron chi connectivity index (χ1n) is 10.3. The van der Waals surface area contributed by atoms with E-state index in [0.29, 0.717) is 34.6 Å². The van der Waals surface area contributed by atoms with Crippen molar-refractivity contribution in [1.82, 2.24) is 19.7 Å². The Hall–Kier alpha value is -3.39. The number of hydrogen-bond donors (Lipinski definition) is 0. The van der Waals surface area contributed by atoms with Gasteiger partial charge in [-0.1, -0.05) is 42.1 Å². The van der Waals surface area contributed by atoms with Crippen LogP contribution in [0.1, 0.15) is 28.5 Å². The minimum absolute atomic E-state index is 0.309. The van der Waals surface area contributed by atoms with Crippen LogP contribution >= 0.6 is 11.8 Å². The van der Waals surface area contributed by atoms with Crippen LogP contribution in [0.2, 0.25) is 0 Å². The topological polar surface area (TPSA) is 79.1 Å². The van der Waals surface area contributed by atoms with Crippen molar-refractivity contribution < 1.29 is 14.3 Å². The number of nitrogens with zero attached hydrogens (tertiary/aromatic N) is 4. The molecule has 164 valence electrons. The maximum absolute atomic E-state index is 12.7.